The molecule has 20 heavy (non-hydrogen) atoms. The summed E-state index contributed by atoms with van der Waals surface area (Å²) < 4.78 is 10.3. The van der Waals surface area contributed by atoms with Crippen LogP contribution >= 0.6 is 0 Å². The summed E-state index contributed by atoms with van der Waals surface area (Å²) in [6, 6.07) is 0. The topological polar surface area (TPSA) is 52.6 Å². The number of rotatable bonds is 7. The minimum absolute atomic E-state index is 0.296. The second-order valence-corrected chi connectivity index (χ2v) is 5.58. The maximum Gasteiger partial charge on any atom is 0.323 e. The number of hydrogen-bond donors (Lipinski definition) is 0. The highest BCUT2D eigenvalue weighted by molar-refractivity contribution is 6.00. The van der Waals surface area contributed by atoms with E-state index in [0.29, 0.717) is 32.0 Å². The van der Waals surface area contributed by atoms with Crippen LogP contribution in [0.1, 0.15) is 65.7 Å². The summed E-state index contributed by atoms with van der Waals surface area (Å²) in [5.74, 6) is -0.393. The Labute approximate surface area is 122 Å². The third-order valence-corrected chi connectivity index (χ3v) is 4.30. The van der Waals surface area contributed by atoms with Gasteiger partial charge in [-0.2, -0.15) is 0 Å². The van der Waals surface area contributed by atoms with E-state index in [2.05, 4.69) is 0 Å². The first kappa shape index (κ1) is 17.0. The van der Waals surface area contributed by atoms with Crippen molar-refractivity contribution in [3.05, 3.63) is 0 Å². The summed E-state index contributed by atoms with van der Waals surface area (Å²) in [4.78, 5) is 24.7. The van der Waals surface area contributed by atoms with Crippen molar-refractivity contribution in [2.45, 2.75) is 65.7 Å². The Bertz CT molecular complexity index is 300. The molecule has 0 heterocycles. The van der Waals surface area contributed by atoms with Crippen LogP contribution in [0.3, 0.4) is 0 Å². The molecule has 4 nitrogen and oxygen atoms in total. The lowest BCUT2D eigenvalue weighted by Crippen LogP contribution is -2.43. The molecule has 1 aliphatic rings. The molecule has 1 saturated carbocycles. The van der Waals surface area contributed by atoms with E-state index < -0.39 is 17.4 Å². The van der Waals surface area contributed by atoms with Crippen molar-refractivity contribution in [3.63, 3.8) is 0 Å². The molecule has 0 saturated heterocycles. The Morgan fingerprint density at radius 1 is 0.950 bits per heavy atom. The van der Waals surface area contributed by atoms with Crippen molar-refractivity contribution in [3.8, 4) is 0 Å². The molecule has 4 heteroatoms. The van der Waals surface area contributed by atoms with E-state index in [1.807, 2.05) is 6.92 Å². The van der Waals surface area contributed by atoms with Crippen LogP contribution in [0.15, 0.2) is 0 Å². The molecule has 0 aromatic carbocycles. The lowest BCUT2D eigenvalue weighted by Gasteiger charge is -2.33. The smallest absolute Gasteiger partial charge is 0.323 e. The normalized spacial score (nSPS) is 16.8. The number of carbonyl (C=O) groups excluding carboxylic acids is 2. The van der Waals surface area contributed by atoms with E-state index in [9.17, 15) is 9.59 Å². The van der Waals surface area contributed by atoms with Gasteiger partial charge in [0.25, 0.3) is 0 Å². The Morgan fingerprint density at radius 3 is 1.85 bits per heavy atom. The van der Waals surface area contributed by atoms with Gasteiger partial charge in [0.05, 0.1) is 13.2 Å². The minimum atomic E-state index is -1.10. The fourth-order valence-electron chi connectivity index (χ4n) is 3.11. The zero-order chi connectivity index (χ0) is 15.0. The molecule has 116 valence electrons. The van der Waals surface area contributed by atoms with Crippen LogP contribution in [0.2, 0.25) is 0 Å². The van der Waals surface area contributed by atoms with E-state index in [-0.39, 0.29) is 0 Å². The van der Waals surface area contributed by atoms with Crippen LogP contribution in [0.4, 0.5) is 0 Å². The summed E-state index contributed by atoms with van der Waals surface area (Å²) >= 11 is 0. The maximum absolute atomic E-state index is 12.4. The molecular formula is C16H28O4. The van der Waals surface area contributed by atoms with E-state index >= 15 is 0 Å². The van der Waals surface area contributed by atoms with Crippen LogP contribution in [-0.2, 0) is 19.1 Å². The molecule has 0 bridgehead atoms. The van der Waals surface area contributed by atoms with Crippen LogP contribution in [0, 0.1) is 11.3 Å². The van der Waals surface area contributed by atoms with Crippen molar-refractivity contribution in [2.75, 3.05) is 13.2 Å². The maximum atomic E-state index is 12.4. The Hall–Kier alpha value is -1.06. The fraction of sp³-hybridized carbons (Fsp3) is 0.875. The highest BCUT2D eigenvalue weighted by atomic mass is 16.6. The molecular weight excluding hydrogens is 256 g/mol. The first-order valence-corrected chi connectivity index (χ1v) is 7.95. The summed E-state index contributed by atoms with van der Waals surface area (Å²) in [6.45, 7) is 6.00. The number of esters is 2. The van der Waals surface area contributed by atoms with E-state index in [1.54, 1.807) is 13.8 Å². The van der Waals surface area contributed by atoms with Crippen molar-refractivity contribution < 1.29 is 19.1 Å². The van der Waals surface area contributed by atoms with Gasteiger partial charge in [-0.1, -0.05) is 39.0 Å². The van der Waals surface area contributed by atoms with Crippen molar-refractivity contribution in [1.29, 1.82) is 0 Å². The average molecular weight is 284 g/mol. The van der Waals surface area contributed by atoms with Gasteiger partial charge in [-0.25, -0.2) is 0 Å². The molecule has 0 radical (unpaired) electrons. The van der Waals surface area contributed by atoms with Gasteiger partial charge >= 0.3 is 11.9 Å². The third kappa shape index (κ3) is 3.97. The third-order valence-electron chi connectivity index (χ3n) is 4.30. The molecule has 0 aliphatic heterocycles. The van der Waals surface area contributed by atoms with Gasteiger partial charge < -0.3 is 9.47 Å². The van der Waals surface area contributed by atoms with Gasteiger partial charge in [-0.3, -0.25) is 9.59 Å². The van der Waals surface area contributed by atoms with Gasteiger partial charge in [0.15, 0.2) is 5.41 Å². The highest BCUT2D eigenvalue weighted by Gasteiger charge is 2.48. The molecule has 0 spiro atoms. The highest BCUT2D eigenvalue weighted by Crippen LogP contribution is 2.39. The van der Waals surface area contributed by atoms with E-state index in [0.717, 1.165) is 12.8 Å². The molecule has 0 unspecified atom stereocenters. The summed E-state index contributed by atoms with van der Waals surface area (Å²) in [5, 5.41) is 0. The molecule has 0 amide bonds. The first-order valence-electron chi connectivity index (χ1n) is 7.95. The summed E-state index contributed by atoms with van der Waals surface area (Å²) in [7, 11) is 0. The molecule has 0 N–H and O–H groups in total. The Kier molecular flexibility index (Phi) is 7.03. The first-order chi connectivity index (χ1) is 9.60. The molecule has 1 fully saturated rings. The zero-order valence-corrected chi connectivity index (χ0v) is 13.1. The molecule has 0 atom stereocenters. The molecule has 1 rings (SSSR count). The van der Waals surface area contributed by atoms with Crippen molar-refractivity contribution >= 4 is 11.9 Å². The number of hydrogen-bond acceptors (Lipinski definition) is 4. The minimum Gasteiger partial charge on any atom is -0.465 e. The summed E-state index contributed by atoms with van der Waals surface area (Å²) in [5.41, 5.74) is -1.10. The molecule has 0 aromatic rings. The van der Waals surface area contributed by atoms with Crippen LogP contribution in [-0.4, -0.2) is 25.2 Å². The number of ether oxygens (including phenoxy) is 2. The predicted molar refractivity (Wildman–Crippen MR) is 77.2 cm³/mol. The lowest BCUT2D eigenvalue weighted by atomic mass is 9.72. The largest absolute Gasteiger partial charge is 0.465 e. The van der Waals surface area contributed by atoms with Gasteiger partial charge in [-0.15, -0.1) is 0 Å². The zero-order valence-electron chi connectivity index (χ0n) is 13.1. The van der Waals surface area contributed by atoms with Crippen LogP contribution < -0.4 is 0 Å². The number of carbonyl (C=O) groups is 2. The van der Waals surface area contributed by atoms with Crippen molar-refractivity contribution in [2.24, 2.45) is 11.3 Å². The SMILES string of the molecule is CCOC(=O)C(CC)(CC1CCCCC1)C(=O)OCC. The lowest BCUT2D eigenvalue weighted by molar-refractivity contribution is -0.174. The van der Waals surface area contributed by atoms with Crippen LogP contribution in [0.25, 0.3) is 0 Å². The van der Waals surface area contributed by atoms with Crippen molar-refractivity contribution in [1.82, 2.24) is 0 Å². The molecule has 1 aliphatic carbocycles. The Morgan fingerprint density at radius 2 is 1.45 bits per heavy atom. The standard InChI is InChI=1S/C16H28O4/c1-4-16(14(17)19-5-2,15(18)20-6-3)12-13-10-8-7-9-11-13/h13H,4-12H2,1-3H3. The Balaban J connectivity index is 2.90. The monoisotopic (exact) mass is 284 g/mol. The quantitative estimate of drug-likeness (QED) is 0.530. The predicted octanol–water partition coefficient (Wildman–Crippen LogP) is 3.48. The fourth-order valence-corrected chi connectivity index (χ4v) is 3.11. The van der Waals surface area contributed by atoms with E-state index in [4.69, 9.17) is 9.47 Å². The second-order valence-electron chi connectivity index (χ2n) is 5.58. The van der Waals surface area contributed by atoms with E-state index in [1.165, 1.54) is 19.3 Å². The van der Waals surface area contributed by atoms with Gasteiger partial charge in [0.2, 0.25) is 0 Å². The second kappa shape index (κ2) is 8.28. The van der Waals surface area contributed by atoms with Crippen LogP contribution in [0.5, 0.6) is 0 Å². The summed E-state index contributed by atoms with van der Waals surface area (Å²) in [6.07, 6.45) is 6.85. The average Bonchev–Trinajstić information content (AvgIpc) is 2.46. The van der Waals surface area contributed by atoms with Gasteiger partial charge in [0, 0.05) is 0 Å². The molecule has 0 aromatic heterocycles. The van der Waals surface area contributed by atoms with Gasteiger partial charge in [-0.05, 0) is 32.6 Å². The van der Waals surface area contributed by atoms with Gasteiger partial charge in [0.1, 0.15) is 0 Å².